The molecule has 0 heterocycles. The number of carbonyl (C=O) groups excluding carboxylic acids is 4. The van der Waals surface area contributed by atoms with E-state index in [9.17, 15) is 19.2 Å². The quantitative estimate of drug-likeness (QED) is 0.411. The summed E-state index contributed by atoms with van der Waals surface area (Å²) in [7, 11) is 0. The first-order chi connectivity index (χ1) is 12.7. The van der Waals surface area contributed by atoms with Gasteiger partial charge in [0.05, 0.1) is 0 Å². The van der Waals surface area contributed by atoms with Crippen LogP contribution >= 0.6 is 0 Å². The molecule has 8 nitrogen and oxygen atoms in total. The number of primary amides is 1. The van der Waals surface area contributed by atoms with Crippen molar-refractivity contribution in [3.63, 3.8) is 0 Å². The van der Waals surface area contributed by atoms with Crippen LogP contribution in [0.15, 0.2) is 30.3 Å². The van der Waals surface area contributed by atoms with E-state index in [1.54, 1.807) is 18.2 Å². The number of nitrogens with one attached hydrogen (secondary N) is 2. The summed E-state index contributed by atoms with van der Waals surface area (Å²) in [4.78, 5) is 49.5. The maximum absolute atomic E-state index is 12.8. The van der Waals surface area contributed by atoms with Gasteiger partial charge in [0.1, 0.15) is 5.54 Å². The van der Waals surface area contributed by atoms with Gasteiger partial charge in [-0.1, -0.05) is 49.6 Å². The van der Waals surface area contributed by atoms with Crippen molar-refractivity contribution in [1.29, 1.82) is 0 Å². The molecule has 0 spiro atoms. The van der Waals surface area contributed by atoms with Crippen molar-refractivity contribution in [1.82, 2.24) is 15.8 Å². The minimum atomic E-state index is -1.51. The van der Waals surface area contributed by atoms with Crippen LogP contribution in [0.5, 0.6) is 0 Å². The second-order valence-corrected chi connectivity index (χ2v) is 7.18. The lowest BCUT2D eigenvalue weighted by Gasteiger charge is -2.37. The second kappa shape index (κ2) is 8.66. The van der Waals surface area contributed by atoms with Crippen LogP contribution in [0.25, 0.3) is 0 Å². The minimum absolute atomic E-state index is 0.0147. The fourth-order valence-electron chi connectivity index (χ4n) is 3.08. The monoisotopic (exact) mass is 374 g/mol. The lowest BCUT2D eigenvalue weighted by Crippen LogP contribution is -2.66. The Morgan fingerprint density at radius 2 is 1.63 bits per heavy atom. The maximum Gasteiger partial charge on any atom is 0.331 e. The zero-order chi connectivity index (χ0) is 20.0. The summed E-state index contributed by atoms with van der Waals surface area (Å²) in [5.74, 6) is -2.34. The molecular weight excluding hydrogens is 348 g/mol. The molecule has 1 aromatic rings. The molecule has 1 aromatic carbocycles. The summed E-state index contributed by atoms with van der Waals surface area (Å²) in [6.07, 6.45) is 4.92. The molecule has 146 valence electrons. The molecule has 1 saturated carbocycles. The largest absolute Gasteiger partial charge is 0.351 e. The molecule has 1 aliphatic carbocycles. The number of nitrogens with two attached hydrogens (primary N) is 1. The van der Waals surface area contributed by atoms with E-state index >= 15 is 0 Å². The van der Waals surface area contributed by atoms with Gasteiger partial charge in [-0.2, -0.15) is 0 Å². The van der Waals surface area contributed by atoms with Gasteiger partial charge in [0.15, 0.2) is 0 Å². The topological polar surface area (TPSA) is 122 Å². The number of urea groups is 1. The summed E-state index contributed by atoms with van der Waals surface area (Å²) < 4.78 is 0. The normalized spacial score (nSPS) is 14.9. The predicted molar refractivity (Wildman–Crippen MR) is 99.4 cm³/mol. The van der Waals surface area contributed by atoms with Gasteiger partial charge in [-0.3, -0.25) is 14.4 Å². The van der Waals surface area contributed by atoms with Crippen LogP contribution in [0.4, 0.5) is 4.79 Å². The van der Waals surface area contributed by atoms with Crippen LogP contribution in [0.3, 0.4) is 0 Å². The average Bonchev–Trinajstić information content (AvgIpc) is 2.66. The van der Waals surface area contributed by atoms with Crippen molar-refractivity contribution in [2.45, 2.75) is 57.5 Å². The van der Waals surface area contributed by atoms with E-state index in [0.717, 1.165) is 32.1 Å². The van der Waals surface area contributed by atoms with Crippen LogP contribution in [0, 0.1) is 0 Å². The molecule has 0 bridgehead atoms. The van der Waals surface area contributed by atoms with Gasteiger partial charge in [-0.25, -0.2) is 15.2 Å². The van der Waals surface area contributed by atoms with Gasteiger partial charge in [-0.05, 0) is 26.7 Å². The van der Waals surface area contributed by atoms with Crippen LogP contribution < -0.4 is 16.5 Å². The number of hydrogen-bond acceptors (Lipinski definition) is 4. The van der Waals surface area contributed by atoms with E-state index in [4.69, 9.17) is 5.73 Å². The highest BCUT2D eigenvalue weighted by atomic mass is 16.2. The SMILES string of the molecule is CC(C)(C(=O)NC1CCCCC1)N(NC(N)=O)C(=O)C(=O)c1ccccc1. The predicted octanol–water partition coefficient (Wildman–Crippen LogP) is 1.51. The Morgan fingerprint density at radius 3 is 2.19 bits per heavy atom. The number of benzene rings is 1. The molecule has 8 heteroatoms. The van der Waals surface area contributed by atoms with E-state index in [1.807, 2.05) is 0 Å². The van der Waals surface area contributed by atoms with Crippen molar-refractivity contribution < 1.29 is 19.2 Å². The van der Waals surface area contributed by atoms with Crippen molar-refractivity contribution >= 4 is 23.6 Å². The molecule has 27 heavy (non-hydrogen) atoms. The molecule has 2 rings (SSSR count). The summed E-state index contributed by atoms with van der Waals surface area (Å²) in [5.41, 5.74) is 5.94. The van der Waals surface area contributed by atoms with Crippen LogP contribution in [-0.2, 0) is 9.59 Å². The van der Waals surface area contributed by atoms with Gasteiger partial charge in [0.25, 0.3) is 5.78 Å². The number of rotatable bonds is 5. The first-order valence-corrected chi connectivity index (χ1v) is 9.04. The van der Waals surface area contributed by atoms with E-state index in [-0.39, 0.29) is 11.6 Å². The Morgan fingerprint density at radius 1 is 1.04 bits per heavy atom. The standard InChI is InChI=1S/C19H26N4O4/c1-19(2,17(26)21-14-11-7-4-8-12-14)23(22-18(20)27)16(25)15(24)13-9-5-3-6-10-13/h3,5-6,9-10,14H,4,7-8,11-12H2,1-2H3,(H,21,26)(H3,20,22,27). The Balaban J connectivity index is 2.21. The summed E-state index contributed by atoms with van der Waals surface area (Å²) >= 11 is 0. The van der Waals surface area contributed by atoms with Gasteiger partial charge in [0, 0.05) is 11.6 Å². The zero-order valence-corrected chi connectivity index (χ0v) is 15.7. The zero-order valence-electron chi connectivity index (χ0n) is 15.7. The molecule has 4 amide bonds. The van der Waals surface area contributed by atoms with Gasteiger partial charge < -0.3 is 11.1 Å². The highest BCUT2D eigenvalue weighted by molar-refractivity contribution is 6.43. The fourth-order valence-corrected chi connectivity index (χ4v) is 3.08. The number of Topliss-reactive ketones (excluding diaryl/α,β-unsaturated/α-hetero) is 1. The van der Waals surface area contributed by atoms with Crippen LogP contribution in [0.2, 0.25) is 0 Å². The molecule has 4 N–H and O–H groups in total. The molecule has 0 saturated heterocycles. The third kappa shape index (κ3) is 5.06. The van der Waals surface area contributed by atoms with Crippen molar-refractivity contribution in [2.75, 3.05) is 0 Å². The molecule has 0 aromatic heterocycles. The number of nitrogens with zero attached hydrogens (tertiary/aromatic N) is 1. The second-order valence-electron chi connectivity index (χ2n) is 7.18. The molecule has 0 unspecified atom stereocenters. The Bertz CT molecular complexity index is 712. The molecular formula is C19H26N4O4. The van der Waals surface area contributed by atoms with Crippen molar-refractivity contribution in [2.24, 2.45) is 5.73 Å². The maximum atomic E-state index is 12.8. The first kappa shape index (κ1) is 20.4. The minimum Gasteiger partial charge on any atom is -0.351 e. The smallest absolute Gasteiger partial charge is 0.331 e. The van der Waals surface area contributed by atoms with Gasteiger partial charge in [-0.15, -0.1) is 0 Å². The summed E-state index contributed by atoms with van der Waals surface area (Å²) in [5, 5.41) is 3.62. The molecule has 0 aliphatic heterocycles. The summed E-state index contributed by atoms with van der Waals surface area (Å²) in [6, 6.07) is 6.89. The summed E-state index contributed by atoms with van der Waals surface area (Å²) in [6.45, 7) is 2.91. The van der Waals surface area contributed by atoms with Crippen LogP contribution in [-0.4, -0.2) is 40.2 Å². The first-order valence-electron chi connectivity index (χ1n) is 9.04. The van der Waals surface area contributed by atoms with E-state index in [0.29, 0.717) is 5.01 Å². The Hall–Kier alpha value is -2.90. The number of ketones is 1. The molecule has 0 radical (unpaired) electrons. The van der Waals surface area contributed by atoms with Crippen molar-refractivity contribution in [3.8, 4) is 0 Å². The van der Waals surface area contributed by atoms with Crippen LogP contribution in [0.1, 0.15) is 56.3 Å². The Kier molecular flexibility index (Phi) is 6.55. The fraction of sp³-hybridized carbons (Fsp3) is 0.474. The lowest BCUT2D eigenvalue weighted by atomic mass is 9.94. The highest BCUT2D eigenvalue weighted by Gasteiger charge is 2.42. The average molecular weight is 374 g/mol. The number of carbonyl (C=O) groups is 4. The number of hydrogen-bond donors (Lipinski definition) is 3. The molecule has 0 atom stereocenters. The third-order valence-electron chi connectivity index (χ3n) is 4.71. The molecule has 1 aliphatic rings. The van der Waals surface area contributed by atoms with E-state index in [1.165, 1.54) is 26.0 Å². The van der Waals surface area contributed by atoms with E-state index < -0.39 is 29.2 Å². The lowest BCUT2D eigenvalue weighted by molar-refractivity contribution is -0.146. The third-order valence-corrected chi connectivity index (χ3v) is 4.71. The highest BCUT2D eigenvalue weighted by Crippen LogP contribution is 2.20. The van der Waals surface area contributed by atoms with Gasteiger partial charge >= 0.3 is 11.9 Å². The Labute approximate surface area is 158 Å². The molecule has 1 fully saturated rings. The number of amides is 4. The van der Waals surface area contributed by atoms with Crippen molar-refractivity contribution in [3.05, 3.63) is 35.9 Å². The van der Waals surface area contributed by atoms with Gasteiger partial charge in [0.2, 0.25) is 5.91 Å². The van der Waals surface area contributed by atoms with E-state index in [2.05, 4.69) is 10.7 Å². The number of hydrazine groups is 1.